The number of ether oxygens (including phenoxy) is 4. The largest absolute Gasteiger partial charge is 0.497 e. The van der Waals surface area contributed by atoms with E-state index in [1.807, 2.05) is 30.5 Å². The fourth-order valence-corrected chi connectivity index (χ4v) is 6.96. The summed E-state index contributed by atoms with van der Waals surface area (Å²) in [6.45, 7) is 2.03. The first-order valence-corrected chi connectivity index (χ1v) is 15.4. The molecule has 2 atom stereocenters. The minimum atomic E-state index is -1.95. The molecule has 2 N–H and O–H groups in total. The number of benzene rings is 3. The molecule has 1 aliphatic heterocycles. The van der Waals surface area contributed by atoms with Gasteiger partial charge in [0.25, 0.3) is 0 Å². The zero-order chi connectivity index (χ0) is 33.0. The highest BCUT2D eigenvalue weighted by Crippen LogP contribution is 2.54. The molecule has 0 bridgehead atoms. The van der Waals surface area contributed by atoms with Gasteiger partial charge in [0.2, 0.25) is 23.1 Å². The van der Waals surface area contributed by atoms with Gasteiger partial charge >= 0.3 is 0 Å². The topological polar surface area (TPSA) is 129 Å². The summed E-state index contributed by atoms with van der Waals surface area (Å²) in [7, 11) is 4.41. The number of hydrogen-bond donors (Lipinski definition) is 2. The molecule has 2 aromatic heterocycles. The summed E-state index contributed by atoms with van der Waals surface area (Å²) >= 11 is 6.62. The molecule has 3 aromatic carbocycles. The molecule has 10 nitrogen and oxygen atoms in total. The van der Waals surface area contributed by atoms with Gasteiger partial charge in [-0.1, -0.05) is 30.7 Å². The van der Waals surface area contributed by atoms with Gasteiger partial charge in [0.1, 0.15) is 39.4 Å². The number of nitrogens with one attached hydrogen (secondary N) is 2. The van der Waals surface area contributed by atoms with Gasteiger partial charge in [0, 0.05) is 53.2 Å². The van der Waals surface area contributed by atoms with Crippen LogP contribution in [0.4, 0.5) is 0 Å². The van der Waals surface area contributed by atoms with Crippen LogP contribution in [0.25, 0.3) is 22.2 Å². The van der Waals surface area contributed by atoms with Crippen LogP contribution in [0.1, 0.15) is 44.5 Å². The molecule has 11 heteroatoms. The number of aromatic amines is 1. The number of Topliss-reactive ketones (excluding diaryl/α,β-unsaturated/α-hetero) is 2. The van der Waals surface area contributed by atoms with Gasteiger partial charge in [-0.2, -0.15) is 0 Å². The highest BCUT2D eigenvalue weighted by atomic mass is 35.5. The van der Waals surface area contributed by atoms with Gasteiger partial charge in [0.05, 0.1) is 33.3 Å². The maximum absolute atomic E-state index is 14.8. The number of amides is 1. The number of methoxy groups -OCH3 is 3. The van der Waals surface area contributed by atoms with Crippen LogP contribution in [0, 0.1) is 5.92 Å². The van der Waals surface area contributed by atoms with E-state index in [0.717, 1.165) is 16.5 Å². The van der Waals surface area contributed by atoms with Gasteiger partial charge in [0.15, 0.2) is 5.75 Å². The van der Waals surface area contributed by atoms with Crippen LogP contribution in [-0.2, 0) is 24.2 Å². The second-order valence-corrected chi connectivity index (χ2v) is 12.0. The van der Waals surface area contributed by atoms with Crippen LogP contribution in [0.5, 0.6) is 23.0 Å². The minimum absolute atomic E-state index is 0.0219. The molecule has 1 aliphatic carbocycles. The van der Waals surface area contributed by atoms with Gasteiger partial charge < -0.3 is 33.7 Å². The Morgan fingerprint density at radius 1 is 1.00 bits per heavy atom. The Bertz CT molecular complexity index is 2080. The number of furan rings is 1. The average molecular weight is 655 g/mol. The van der Waals surface area contributed by atoms with Crippen molar-refractivity contribution in [2.24, 2.45) is 5.92 Å². The number of carbonyl (C=O) groups excluding carboxylic acids is 3. The number of carbonyl (C=O) groups is 3. The van der Waals surface area contributed by atoms with Crippen LogP contribution in [0.2, 0.25) is 5.02 Å². The number of H-pyrrole nitrogens is 1. The van der Waals surface area contributed by atoms with Crippen molar-refractivity contribution in [3.8, 4) is 34.3 Å². The zero-order valence-corrected chi connectivity index (χ0v) is 26.9. The van der Waals surface area contributed by atoms with Crippen LogP contribution in [0.15, 0.2) is 65.2 Å². The number of rotatable bonds is 8. The normalized spacial score (nSPS) is 18.2. The summed E-state index contributed by atoms with van der Waals surface area (Å²) in [5.41, 5.74) is 1.18. The Morgan fingerprint density at radius 2 is 1.74 bits per heavy atom. The maximum atomic E-state index is 14.8. The zero-order valence-electron chi connectivity index (χ0n) is 26.1. The Morgan fingerprint density at radius 3 is 2.47 bits per heavy atom. The van der Waals surface area contributed by atoms with Crippen molar-refractivity contribution in [3.63, 3.8) is 0 Å². The summed E-state index contributed by atoms with van der Waals surface area (Å²) < 4.78 is 28.9. The van der Waals surface area contributed by atoms with E-state index >= 15 is 0 Å². The molecule has 5 aromatic rings. The van der Waals surface area contributed by atoms with Crippen LogP contribution < -0.4 is 24.3 Å². The summed E-state index contributed by atoms with van der Waals surface area (Å²) in [4.78, 5) is 45.9. The molecule has 0 saturated carbocycles. The molecular weight excluding hydrogens is 624 g/mol. The van der Waals surface area contributed by atoms with E-state index in [1.54, 1.807) is 38.3 Å². The van der Waals surface area contributed by atoms with Crippen molar-refractivity contribution < 1.29 is 37.7 Å². The van der Waals surface area contributed by atoms with E-state index < -0.39 is 23.1 Å². The van der Waals surface area contributed by atoms with E-state index in [0.29, 0.717) is 28.4 Å². The SMILES string of the molecule is COc1ccc(-c2oc3c(c2CC(=O)NCc2cccc4[nH]ccc24)C(=O)[C@@]2(Oc4c(Cl)c(OC)cc(OC)c4C2=O)[C@H](C)C3)cc1. The van der Waals surface area contributed by atoms with Crippen molar-refractivity contribution in [1.82, 2.24) is 10.3 Å². The molecule has 0 fully saturated rings. The highest BCUT2D eigenvalue weighted by Gasteiger charge is 2.63. The van der Waals surface area contributed by atoms with Gasteiger partial charge in [-0.15, -0.1) is 0 Å². The number of ketones is 2. The monoisotopic (exact) mass is 654 g/mol. The third-order valence-corrected chi connectivity index (χ3v) is 9.46. The Balaban J connectivity index is 1.30. The lowest BCUT2D eigenvalue weighted by Gasteiger charge is -2.35. The first-order chi connectivity index (χ1) is 22.7. The molecule has 47 heavy (non-hydrogen) atoms. The molecule has 1 amide bonds. The molecule has 0 radical (unpaired) electrons. The first-order valence-electron chi connectivity index (χ1n) is 15.1. The van der Waals surface area contributed by atoms with E-state index in [2.05, 4.69) is 10.3 Å². The highest BCUT2D eigenvalue weighted by molar-refractivity contribution is 6.36. The summed E-state index contributed by atoms with van der Waals surface area (Å²) in [6.07, 6.45) is 1.86. The first kappa shape index (κ1) is 30.4. The minimum Gasteiger partial charge on any atom is -0.497 e. The average Bonchev–Trinajstić information content (AvgIpc) is 3.79. The summed E-state index contributed by atoms with van der Waals surface area (Å²) in [5.74, 6) is -0.337. The third kappa shape index (κ3) is 4.66. The predicted octanol–water partition coefficient (Wildman–Crippen LogP) is 6.36. The Labute approximate surface area is 274 Å². The molecule has 240 valence electrons. The second kappa shape index (κ2) is 11.5. The fraction of sp³-hybridized carbons (Fsp3) is 0.250. The molecule has 0 unspecified atom stereocenters. The van der Waals surface area contributed by atoms with Crippen molar-refractivity contribution in [2.45, 2.75) is 31.9 Å². The standard InChI is InChI=1S/C36H31ClN2O8/c1-18-14-26-29(34(41)36(18)35(42)30-25(44-3)16-27(45-4)31(37)33(30)47-36)23(32(46-26)19-8-10-21(43-2)11-9-19)15-28(40)39-17-20-6-5-7-24-22(20)12-13-38-24/h5-13,16,18,38H,14-15,17H2,1-4H3,(H,39,40)/t18-,36+/m1/s1. The maximum Gasteiger partial charge on any atom is 0.237 e. The van der Waals surface area contributed by atoms with E-state index in [-0.39, 0.29) is 58.7 Å². The molecular formula is C36H31ClN2O8. The second-order valence-electron chi connectivity index (χ2n) is 11.6. The molecule has 2 aliphatic rings. The quantitative estimate of drug-likeness (QED) is 0.185. The number of fused-ring (bicyclic) bond motifs is 3. The lowest BCUT2D eigenvalue weighted by atomic mass is 9.70. The molecule has 1 spiro atoms. The Kier molecular flexibility index (Phi) is 7.47. The predicted molar refractivity (Wildman–Crippen MR) is 174 cm³/mol. The fourth-order valence-electron chi connectivity index (χ4n) is 6.70. The number of aromatic nitrogens is 1. The lowest BCUT2D eigenvalue weighted by molar-refractivity contribution is -0.120. The van der Waals surface area contributed by atoms with Crippen molar-refractivity contribution in [1.29, 1.82) is 0 Å². The van der Waals surface area contributed by atoms with Gasteiger partial charge in [-0.3, -0.25) is 14.4 Å². The lowest BCUT2D eigenvalue weighted by Crippen LogP contribution is -2.56. The smallest absolute Gasteiger partial charge is 0.237 e. The van der Waals surface area contributed by atoms with Crippen molar-refractivity contribution >= 4 is 40.0 Å². The molecule has 7 rings (SSSR count). The van der Waals surface area contributed by atoms with Gasteiger partial charge in [-0.25, -0.2) is 0 Å². The van der Waals surface area contributed by atoms with Crippen LogP contribution >= 0.6 is 11.6 Å². The van der Waals surface area contributed by atoms with E-state index in [4.69, 9.17) is 35.0 Å². The summed E-state index contributed by atoms with van der Waals surface area (Å²) in [5, 5.41) is 4.05. The van der Waals surface area contributed by atoms with E-state index in [9.17, 15) is 14.4 Å². The number of halogens is 1. The van der Waals surface area contributed by atoms with Crippen molar-refractivity contribution in [2.75, 3.05) is 21.3 Å². The van der Waals surface area contributed by atoms with Crippen molar-refractivity contribution in [3.05, 3.63) is 93.8 Å². The summed E-state index contributed by atoms with van der Waals surface area (Å²) in [6, 6.07) is 16.4. The van der Waals surface area contributed by atoms with Crippen LogP contribution in [-0.4, -0.2) is 49.4 Å². The van der Waals surface area contributed by atoms with Crippen LogP contribution in [0.3, 0.4) is 0 Å². The van der Waals surface area contributed by atoms with E-state index in [1.165, 1.54) is 20.3 Å². The number of hydrogen-bond acceptors (Lipinski definition) is 8. The molecule has 0 saturated heterocycles. The third-order valence-electron chi connectivity index (χ3n) is 9.10. The molecule has 3 heterocycles. The Hall–Kier alpha value is -5.22. The van der Waals surface area contributed by atoms with Gasteiger partial charge in [-0.05, 0) is 42.0 Å².